The van der Waals surface area contributed by atoms with Gasteiger partial charge in [-0.25, -0.2) is 5.43 Å². The van der Waals surface area contributed by atoms with Crippen LogP contribution >= 0.6 is 0 Å². The van der Waals surface area contributed by atoms with E-state index in [4.69, 9.17) is 4.42 Å². The summed E-state index contributed by atoms with van der Waals surface area (Å²) in [6.07, 6.45) is 0. The van der Waals surface area contributed by atoms with Crippen molar-refractivity contribution in [1.82, 2.24) is 5.43 Å². The number of nitrogens with zero attached hydrogens (tertiary/aromatic N) is 1. The zero-order chi connectivity index (χ0) is 14.7. The highest BCUT2D eigenvalue weighted by molar-refractivity contribution is 6.01. The van der Waals surface area contributed by atoms with E-state index in [-0.39, 0.29) is 5.91 Å². The molecule has 4 heteroatoms. The van der Waals surface area contributed by atoms with Crippen molar-refractivity contribution in [2.24, 2.45) is 5.10 Å². The van der Waals surface area contributed by atoms with Crippen LogP contribution in [0.4, 0.5) is 0 Å². The van der Waals surface area contributed by atoms with Gasteiger partial charge in [-0.15, -0.1) is 0 Å². The minimum absolute atomic E-state index is 0.244. The van der Waals surface area contributed by atoms with E-state index in [0.717, 1.165) is 11.0 Å². The zero-order valence-corrected chi connectivity index (χ0v) is 11.5. The Bertz CT molecular complexity index is 771. The quantitative estimate of drug-likeness (QED) is 0.588. The van der Waals surface area contributed by atoms with Crippen molar-refractivity contribution in [3.8, 4) is 0 Å². The Hall–Kier alpha value is -2.88. The van der Waals surface area contributed by atoms with Crippen LogP contribution in [-0.2, 0) is 0 Å². The molecule has 0 atom stereocenters. The van der Waals surface area contributed by atoms with E-state index >= 15 is 0 Å². The lowest BCUT2D eigenvalue weighted by molar-refractivity contribution is 0.0955. The summed E-state index contributed by atoms with van der Waals surface area (Å²) in [6, 6.07) is 18.6. The van der Waals surface area contributed by atoms with Crippen molar-refractivity contribution >= 4 is 22.6 Å². The molecule has 3 aromatic rings. The fourth-order valence-corrected chi connectivity index (χ4v) is 2.00. The number of carbonyl (C=O) groups is 1. The Morgan fingerprint density at radius 3 is 2.52 bits per heavy atom. The highest BCUT2D eigenvalue weighted by atomic mass is 16.3. The highest BCUT2D eigenvalue weighted by Crippen LogP contribution is 2.19. The summed E-state index contributed by atoms with van der Waals surface area (Å²) in [5, 5.41) is 5.10. The lowest BCUT2D eigenvalue weighted by atomic mass is 10.2. The van der Waals surface area contributed by atoms with Crippen molar-refractivity contribution in [3.63, 3.8) is 0 Å². The van der Waals surface area contributed by atoms with Crippen molar-refractivity contribution in [3.05, 3.63) is 72.0 Å². The first-order valence-electron chi connectivity index (χ1n) is 6.62. The van der Waals surface area contributed by atoms with Crippen LogP contribution in [0.1, 0.15) is 23.0 Å². The third-order valence-electron chi connectivity index (χ3n) is 3.14. The molecule has 0 aliphatic heterocycles. The molecule has 0 aliphatic carbocycles. The number of nitrogens with one attached hydrogen (secondary N) is 1. The van der Waals surface area contributed by atoms with Crippen LogP contribution in [-0.4, -0.2) is 11.6 Å². The number of benzene rings is 2. The number of carbonyl (C=O) groups excluding carboxylic acids is 1. The number of rotatable bonds is 3. The van der Waals surface area contributed by atoms with Crippen LogP contribution in [0, 0.1) is 0 Å². The fourth-order valence-electron chi connectivity index (χ4n) is 2.00. The maximum Gasteiger partial charge on any atom is 0.271 e. The fraction of sp³-hybridized carbons (Fsp3) is 0.0588. The number of hydrogen-bond donors (Lipinski definition) is 1. The van der Waals surface area contributed by atoms with Crippen molar-refractivity contribution < 1.29 is 9.21 Å². The molecule has 21 heavy (non-hydrogen) atoms. The van der Waals surface area contributed by atoms with Crippen LogP contribution in [0.3, 0.4) is 0 Å². The maximum atomic E-state index is 11.9. The van der Waals surface area contributed by atoms with Crippen molar-refractivity contribution in [1.29, 1.82) is 0 Å². The molecule has 0 bridgehead atoms. The molecule has 3 rings (SSSR count). The van der Waals surface area contributed by atoms with Crippen LogP contribution in [0.2, 0.25) is 0 Å². The van der Waals surface area contributed by atoms with E-state index in [2.05, 4.69) is 10.5 Å². The van der Waals surface area contributed by atoms with Gasteiger partial charge in [0.25, 0.3) is 5.91 Å². The van der Waals surface area contributed by atoms with E-state index in [1.54, 1.807) is 19.1 Å². The average molecular weight is 278 g/mol. The van der Waals surface area contributed by atoms with Crippen LogP contribution in [0.15, 0.2) is 70.2 Å². The Kier molecular flexibility index (Phi) is 3.51. The number of hydrazone groups is 1. The molecule has 0 unspecified atom stereocenters. The molecule has 1 heterocycles. The lowest BCUT2D eigenvalue weighted by Crippen LogP contribution is -2.19. The molecule has 0 spiro atoms. The number of fused-ring (bicyclic) bond motifs is 1. The maximum absolute atomic E-state index is 11.9. The minimum Gasteiger partial charge on any atom is -0.455 e. The van der Waals surface area contributed by atoms with Gasteiger partial charge in [0, 0.05) is 10.9 Å². The summed E-state index contributed by atoms with van der Waals surface area (Å²) in [7, 11) is 0. The molecule has 104 valence electrons. The SMILES string of the molecule is C/C(=N\NC(=O)c1ccccc1)c1cc2ccccc2o1. The molecule has 1 amide bonds. The lowest BCUT2D eigenvalue weighted by Gasteiger charge is -2.00. The predicted molar refractivity (Wildman–Crippen MR) is 82.3 cm³/mol. The number of furan rings is 1. The summed E-state index contributed by atoms with van der Waals surface area (Å²) in [4.78, 5) is 11.9. The predicted octanol–water partition coefficient (Wildman–Crippen LogP) is 3.59. The Balaban J connectivity index is 1.78. The van der Waals surface area contributed by atoms with E-state index in [9.17, 15) is 4.79 Å². The second-order valence-corrected chi connectivity index (χ2v) is 4.65. The average Bonchev–Trinajstić information content (AvgIpc) is 2.97. The zero-order valence-electron chi connectivity index (χ0n) is 11.5. The first-order chi connectivity index (χ1) is 10.2. The number of amides is 1. The van der Waals surface area contributed by atoms with Crippen LogP contribution in [0.25, 0.3) is 11.0 Å². The smallest absolute Gasteiger partial charge is 0.271 e. The number of hydrogen-bond acceptors (Lipinski definition) is 3. The molecule has 0 saturated heterocycles. The summed E-state index contributed by atoms with van der Waals surface area (Å²) in [6.45, 7) is 1.79. The molecule has 1 aromatic heterocycles. The number of para-hydroxylation sites is 1. The van der Waals surface area contributed by atoms with Gasteiger partial charge >= 0.3 is 0 Å². The second-order valence-electron chi connectivity index (χ2n) is 4.65. The Morgan fingerprint density at radius 1 is 1.05 bits per heavy atom. The van der Waals surface area contributed by atoms with Gasteiger partial charge in [0.1, 0.15) is 11.3 Å². The first-order valence-corrected chi connectivity index (χ1v) is 6.62. The molecule has 2 aromatic carbocycles. The Morgan fingerprint density at radius 2 is 1.76 bits per heavy atom. The van der Waals surface area contributed by atoms with Gasteiger partial charge in [-0.1, -0.05) is 36.4 Å². The molecular formula is C17H14N2O2. The van der Waals surface area contributed by atoms with Gasteiger partial charge in [-0.2, -0.15) is 5.10 Å². The summed E-state index contributed by atoms with van der Waals surface area (Å²) < 4.78 is 5.69. The van der Waals surface area contributed by atoms with Crippen LogP contribution < -0.4 is 5.43 Å². The standard InChI is InChI=1S/C17H14N2O2/c1-12(16-11-14-9-5-6-10-15(14)21-16)18-19-17(20)13-7-3-2-4-8-13/h2-11H,1H3,(H,19,20)/b18-12+. The van der Waals surface area contributed by atoms with Gasteiger partial charge in [0.15, 0.2) is 5.76 Å². The second kappa shape index (κ2) is 5.63. The van der Waals surface area contributed by atoms with Gasteiger partial charge in [-0.3, -0.25) is 4.79 Å². The summed E-state index contributed by atoms with van der Waals surface area (Å²) in [5.41, 5.74) is 4.52. The van der Waals surface area contributed by atoms with E-state index in [1.807, 2.05) is 48.5 Å². The largest absolute Gasteiger partial charge is 0.455 e. The van der Waals surface area contributed by atoms with E-state index < -0.39 is 0 Å². The molecule has 0 aliphatic rings. The Labute approximate surface area is 122 Å². The van der Waals surface area contributed by atoms with E-state index in [0.29, 0.717) is 17.0 Å². The summed E-state index contributed by atoms with van der Waals surface area (Å²) >= 11 is 0. The normalized spacial score (nSPS) is 11.6. The molecule has 0 saturated carbocycles. The molecule has 0 fully saturated rings. The van der Waals surface area contributed by atoms with Gasteiger partial charge in [0.05, 0.1) is 0 Å². The molecular weight excluding hydrogens is 264 g/mol. The highest BCUT2D eigenvalue weighted by Gasteiger charge is 2.07. The van der Waals surface area contributed by atoms with Gasteiger partial charge < -0.3 is 4.42 Å². The summed E-state index contributed by atoms with van der Waals surface area (Å²) in [5.74, 6) is 0.399. The van der Waals surface area contributed by atoms with Gasteiger partial charge in [-0.05, 0) is 31.2 Å². The minimum atomic E-state index is -0.244. The molecule has 4 nitrogen and oxygen atoms in total. The monoisotopic (exact) mass is 278 g/mol. The van der Waals surface area contributed by atoms with Crippen LogP contribution in [0.5, 0.6) is 0 Å². The topological polar surface area (TPSA) is 54.6 Å². The van der Waals surface area contributed by atoms with Crippen molar-refractivity contribution in [2.45, 2.75) is 6.92 Å². The molecule has 0 radical (unpaired) electrons. The van der Waals surface area contributed by atoms with Crippen molar-refractivity contribution in [2.75, 3.05) is 0 Å². The third kappa shape index (κ3) is 2.84. The van der Waals surface area contributed by atoms with E-state index in [1.165, 1.54) is 0 Å². The molecule has 1 N–H and O–H groups in total. The first kappa shape index (κ1) is 13.1. The third-order valence-corrected chi connectivity index (χ3v) is 3.14. The van der Waals surface area contributed by atoms with Gasteiger partial charge in [0.2, 0.25) is 0 Å².